The van der Waals surface area contributed by atoms with Gasteiger partial charge < -0.3 is 14.8 Å². The number of benzene rings is 1. The zero-order valence-corrected chi connectivity index (χ0v) is 12.9. The lowest BCUT2D eigenvalue weighted by Crippen LogP contribution is -2.32. The van der Waals surface area contributed by atoms with Gasteiger partial charge in [-0.2, -0.15) is 0 Å². The molecule has 3 unspecified atom stereocenters. The molecule has 1 aromatic carbocycles. The molecule has 1 fully saturated rings. The average Bonchev–Trinajstić information content (AvgIpc) is 2.89. The van der Waals surface area contributed by atoms with Crippen molar-refractivity contribution in [2.75, 3.05) is 20.3 Å². The molecule has 1 N–H and O–H groups in total. The number of methoxy groups -OCH3 is 1. The summed E-state index contributed by atoms with van der Waals surface area (Å²) in [6.07, 6.45) is 3.97. The molecule has 3 heteroatoms. The Morgan fingerprint density at radius 3 is 2.60 bits per heavy atom. The highest BCUT2D eigenvalue weighted by molar-refractivity contribution is 5.26. The van der Waals surface area contributed by atoms with Crippen LogP contribution in [0.2, 0.25) is 0 Å². The molecule has 1 heterocycles. The molecular weight excluding hydrogens is 250 g/mol. The van der Waals surface area contributed by atoms with E-state index in [0.29, 0.717) is 18.2 Å². The zero-order valence-electron chi connectivity index (χ0n) is 12.9. The minimum atomic E-state index is 0.301. The summed E-state index contributed by atoms with van der Waals surface area (Å²) < 4.78 is 11.2. The predicted molar refractivity (Wildman–Crippen MR) is 82.0 cm³/mol. The molecule has 2 rings (SSSR count). The molecule has 1 aliphatic rings. The molecule has 112 valence electrons. The molecule has 3 nitrogen and oxygen atoms in total. The highest BCUT2D eigenvalue weighted by atomic mass is 16.5. The minimum absolute atomic E-state index is 0.301. The molecule has 1 aromatic rings. The number of ether oxygens (including phenoxy) is 2. The summed E-state index contributed by atoms with van der Waals surface area (Å²) in [5.41, 5.74) is 2.65. The first kappa shape index (κ1) is 15.5. The summed E-state index contributed by atoms with van der Waals surface area (Å²) in [6.45, 7) is 6.05. The third-order valence-electron chi connectivity index (χ3n) is 3.99. The summed E-state index contributed by atoms with van der Waals surface area (Å²) in [7, 11) is 1.74. The van der Waals surface area contributed by atoms with E-state index in [-0.39, 0.29) is 0 Å². The van der Waals surface area contributed by atoms with Crippen LogP contribution in [-0.2, 0) is 15.9 Å². The van der Waals surface area contributed by atoms with E-state index in [9.17, 15) is 0 Å². The topological polar surface area (TPSA) is 30.5 Å². The van der Waals surface area contributed by atoms with E-state index in [0.717, 1.165) is 26.0 Å². The lowest BCUT2D eigenvalue weighted by molar-refractivity contribution is 0.0319. The first-order valence-electron chi connectivity index (χ1n) is 7.71. The predicted octanol–water partition coefficient (Wildman–Crippen LogP) is 3.09. The maximum atomic E-state index is 6.04. The van der Waals surface area contributed by atoms with Crippen LogP contribution in [0.4, 0.5) is 0 Å². The molecule has 1 aliphatic heterocycles. The second-order valence-electron chi connectivity index (χ2n) is 5.58. The van der Waals surface area contributed by atoms with Gasteiger partial charge in [0.05, 0.1) is 24.9 Å². The maximum absolute atomic E-state index is 6.04. The van der Waals surface area contributed by atoms with Crippen molar-refractivity contribution in [2.24, 2.45) is 0 Å². The van der Waals surface area contributed by atoms with Crippen LogP contribution in [0, 0.1) is 0 Å². The summed E-state index contributed by atoms with van der Waals surface area (Å²) in [4.78, 5) is 0. The van der Waals surface area contributed by atoms with Crippen molar-refractivity contribution in [2.45, 2.75) is 51.4 Å². The molecule has 20 heavy (non-hydrogen) atoms. The Balaban J connectivity index is 2.04. The molecule has 0 aliphatic carbocycles. The number of rotatable bonds is 7. The number of hydrogen-bond acceptors (Lipinski definition) is 3. The van der Waals surface area contributed by atoms with Gasteiger partial charge in [0.15, 0.2) is 0 Å². The van der Waals surface area contributed by atoms with Crippen molar-refractivity contribution in [1.29, 1.82) is 0 Å². The van der Waals surface area contributed by atoms with Crippen molar-refractivity contribution >= 4 is 0 Å². The smallest absolute Gasteiger partial charge is 0.0774 e. The Morgan fingerprint density at radius 1 is 1.30 bits per heavy atom. The van der Waals surface area contributed by atoms with Gasteiger partial charge in [0.1, 0.15) is 0 Å². The van der Waals surface area contributed by atoms with Crippen LogP contribution in [0.25, 0.3) is 0 Å². The number of hydrogen-bond donors (Lipinski definition) is 1. The third kappa shape index (κ3) is 4.05. The average molecular weight is 277 g/mol. The van der Waals surface area contributed by atoms with E-state index < -0.39 is 0 Å². The largest absolute Gasteiger partial charge is 0.384 e. The highest BCUT2D eigenvalue weighted by Crippen LogP contribution is 2.30. The van der Waals surface area contributed by atoms with E-state index >= 15 is 0 Å². The van der Waals surface area contributed by atoms with Crippen molar-refractivity contribution < 1.29 is 9.47 Å². The Hall–Kier alpha value is -0.900. The molecule has 3 atom stereocenters. The van der Waals surface area contributed by atoms with Gasteiger partial charge in [-0.15, -0.1) is 0 Å². The quantitative estimate of drug-likeness (QED) is 0.831. The molecule has 0 saturated carbocycles. The molecule has 0 aromatic heterocycles. The fraction of sp³-hybridized carbons (Fsp3) is 0.647. The molecule has 0 radical (unpaired) electrons. The van der Waals surface area contributed by atoms with E-state index in [1.807, 2.05) is 0 Å². The normalized spacial score (nSPS) is 23.9. The van der Waals surface area contributed by atoms with E-state index in [2.05, 4.69) is 43.4 Å². The SMILES string of the molecule is CCNC(c1ccc(CCOC)cc1)C1CCC(C)O1. The van der Waals surface area contributed by atoms with E-state index in [1.165, 1.54) is 17.5 Å². The van der Waals surface area contributed by atoms with Crippen molar-refractivity contribution in [3.63, 3.8) is 0 Å². The van der Waals surface area contributed by atoms with E-state index in [1.54, 1.807) is 7.11 Å². The van der Waals surface area contributed by atoms with Crippen LogP contribution >= 0.6 is 0 Å². The van der Waals surface area contributed by atoms with Crippen molar-refractivity contribution in [3.05, 3.63) is 35.4 Å². The van der Waals surface area contributed by atoms with Crippen LogP contribution < -0.4 is 5.32 Å². The highest BCUT2D eigenvalue weighted by Gasteiger charge is 2.30. The standard InChI is InChI=1S/C17H27NO2/c1-4-18-17(16-10-5-13(2)20-16)15-8-6-14(7-9-15)11-12-19-3/h6-9,13,16-18H,4-5,10-12H2,1-3H3. The van der Waals surface area contributed by atoms with Crippen molar-refractivity contribution in [3.8, 4) is 0 Å². The van der Waals surface area contributed by atoms with E-state index in [4.69, 9.17) is 9.47 Å². The van der Waals surface area contributed by atoms with Crippen LogP contribution in [0.3, 0.4) is 0 Å². The lowest BCUT2D eigenvalue weighted by atomic mass is 9.97. The fourth-order valence-electron chi connectivity index (χ4n) is 2.87. The van der Waals surface area contributed by atoms with Gasteiger partial charge in [0.2, 0.25) is 0 Å². The second-order valence-corrected chi connectivity index (χ2v) is 5.58. The molecule has 0 bridgehead atoms. The maximum Gasteiger partial charge on any atom is 0.0774 e. The Labute approximate surface area is 122 Å². The number of likely N-dealkylation sites (N-methyl/N-ethyl adjacent to an activating group) is 1. The zero-order chi connectivity index (χ0) is 14.4. The lowest BCUT2D eigenvalue weighted by Gasteiger charge is -2.25. The molecule has 0 amide bonds. The van der Waals surface area contributed by atoms with Crippen molar-refractivity contribution in [1.82, 2.24) is 5.32 Å². The molecular formula is C17H27NO2. The molecule has 0 spiro atoms. The second kappa shape index (κ2) is 7.77. The van der Waals surface area contributed by atoms with Crippen LogP contribution in [0.15, 0.2) is 24.3 Å². The van der Waals surface area contributed by atoms with Crippen LogP contribution in [0.1, 0.15) is 43.9 Å². The van der Waals surface area contributed by atoms with Gasteiger partial charge in [-0.25, -0.2) is 0 Å². The first-order chi connectivity index (χ1) is 9.74. The monoisotopic (exact) mass is 277 g/mol. The summed E-state index contributed by atoms with van der Waals surface area (Å²) in [6, 6.07) is 9.17. The summed E-state index contributed by atoms with van der Waals surface area (Å²) >= 11 is 0. The Morgan fingerprint density at radius 2 is 2.05 bits per heavy atom. The summed E-state index contributed by atoms with van der Waals surface area (Å²) in [5.74, 6) is 0. The minimum Gasteiger partial charge on any atom is -0.384 e. The summed E-state index contributed by atoms with van der Waals surface area (Å²) in [5, 5.41) is 3.57. The number of nitrogens with one attached hydrogen (secondary N) is 1. The first-order valence-corrected chi connectivity index (χ1v) is 7.71. The van der Waals surface area contributed by atoms with Gasteiger partial charge in [-0.05, 0) is 43.9 Å². The van der Waals surface area contributed by atoms with Gasteiger partial charge in [0, 0.05) is 7.11 Å². The fourth-order valence-corrected chi connectivity index (χ4v) is 2.87. The van der Waals surface area contributed by atoms with Crippen LogP contribution in [-0.4, -0.2) is 32.5 Å². The Kier molecular flexibility index (Phi) is 6.02. The van der Waals surface area contributed by atoms with Gasteiger partial charge in [-0.1, -0.05) is 31.2 Å². The van der Waals surface area contributed by atoms with Crippen LogP contribution in [0.5, 0.6) is 0 Å². The third-order valence-corrected chi connectivity index (χ3v) is 3.99. The van der Waals surface area contributed by atoms with Gasteiger partial charge in [-0.3, -0.25) is 0 Å². The Bertz CT molecular complexity index is 390. The van der Waals surface area contributed by atoms with Gasteiger partial charge >= 0.3 is 0 Å². The van der Waals surface area contributed by atoms with Gasteiger partial charge in [0.25, 0.3) is 0 Å². The molecule has 1 saturated heterocycles.